The summed E-state index contributed by atoms with van der Waals surface area (Å²) >= 11 is 1.28. The number of benzene rings is 2. The van der Waals surface area contributed by atoms with E-state index in [4.69, 9.17) is 0 Å². The molecule has 2 aromatic rings. The number of likely N-dealkylation sites (N-methyl/N-ethyl adjacent to an activating group) is 1. The van der Waals surface area contributed by atoms with Crippen LogP contribution in [0.4, 0.5) is 17.1 Å². The summed E-state index contributed by atoms with van der Waals surface area (Å²) < 4.78 is 0. The summed E-state index contributed by atoms with van der Waals surface area (Å²) in [7, 11) is 3.51. The third-order valence-corrected chi connectivity index (χ3v) is 5.90. The predicted molar refractivity (Wildman–Crippen MR) is 123 cm³/mol. The van der Waals surface area contributed by atoms with E-state index in [1.165, 1.54) is 23.4 Å². The quantitative estimate of drug-likeness (QED) is 0.387. The predicted octanol–water partition coefficient (Wildman–Crippen LogP) is 4.90. The number of carbonyl (C=O) groups excluding carboxylic acids is 1. The molecule has 1 saturated heterocycles. The summed E-state index contributed by atoms with van der Waals surface area (Å²) in [6.45, 7) is 6.46. The van der Waals surface area contributed by atoms with Gasteiger partial charge < -0.3 is 4.90 Å². The van der Waals surface area contributed by atoms with Crippen LogP contribution in [-0.4, -0.2) is 41.5 Å². The number of nitro groups is 1. The normalized spacial score (nSPS) is 16.6. The Kier molecular flexibility index (Phi) is 6.26. The van der Waals surface area contributed by atoms with Gasteiger partial charge in [0.2, 0.25) is 0 Å². The van der Waals surface area contributed by atoms with Crippen molar-refractivity contribution < 1.29 is 9.72 Å². The first-order valence-corrected chi connectivity index (χ1v) is 10.4. The molecule has 0 radical (unpaired) electrons. The number of carbonyl (C=O) groups is 1. The van der Waals surface area contributed by atoms with Gasteiger partial charge in [-0.3, -0.25) is 19.8 Å². The molecular weight excluding hydrogens is 400 g/mol. The lowest BCUT2D eigenvalue weighted by molar-refractivity contribution is -0.384. The molecule has 0 aliphatic carbocycles. The minimum absolute atomic E-state index is 0.00108. The van der Waals surface area contributed by atoms with E-state index in [-0.39, 0.29) is 11.6 Å². The zero-order valence-corrected chi connectivity index (χ0v) is 18.5. The van der Waals surface area contributed by atoms with E-state index in [0.29, 0.717) is 27.9 Å². The van der Waals surface area contributed by atoms with Crippen molar-refractivity contribution in [1.29, 1.82) is 0 Å². The first kappa shape index (κ1) is 21.6. The van der Waals surface area contributed by atoms with Gasteiger partial charge in [0, 0.05) is 26.7 Å². The molecule has 0 bridgehead atoms. The van der Waals surface area contributed by atoms with Crippen molar-refractivity contribution in [2.45, 2.75) is 20.8 Å². The summed E-state index contributed by atoms with van der Waals surface area (Å²) in [4.78, 5) is 32.4. The van der Waals surface area contributed by atoms with Crippen LogP contribution in [0.1, 0.15) is 23.6 Å². The van der Waals surface area contributed by atoms with Gasteiger partial charge in [0.25, 0.3) is 11.6 Å². The van der Waals surface area contributed by atoms with Gasteiger partial charge in [-0.15, -0.1) is 0 Å². The Hall–Kier alpha value is -3.13. The minimum atomic E-state index is -0.411. The minimum Gasteiger partial charge on any atom is -0.372 e. The molecular formula is C22H24N4O3S. The van der Waals surface area contributed by atoms with Gasteiger partial charge in [-0.1, -0.05) is 12.1 Å². The molecule has 0 saturated carbocycles. The van der Waals surface area contributed by atoms with Gasteiger partial charge in [-0.2, -0.15) is 0 Å². The number of nitrogens with zero attached hydrogens (tertiary/aromatic N) is 4. The van der Waals surface area contributed by atoms with Crippen molar-refractivity contribution in [3.05, 3.63) is 68.1 Å². The summed E-state index contributed by atoms with van der Waals surface area (Å²) in [5, 5.41) is 12.1. The van der Waals surface area contributed by atoms with Crippen molar-refractivity contribution in [1.82, 2.24) is 4.90 Å². The molecule has 7 nitrogen and oxygen atoms in total. The standard InChI is InChI=1S/C22H24N4O3S/c1-6-25-21(27)20(30-22(25)23-17-9-7-14(2)15(3)11-17)13-16-8-10-18(24(4)5)19(12-16)26(28)29/h7-13H,6H2,1-5H3. The molecule has 1 aliphatic rings. The topological polar surface area (TPSA) is 79.0 Å². The van der Waals surface area contributed by atoms with Gasteiger partial charge in [-0.25, -0.2) is 4.99 Å². The highest BCUT2D eigenvalue weighted by Crippen LogP contribution is 2.35. The van der Waals surface area contributed by atoms with E-state index in [9.17, 15) is 14.9 Å². The zero-order chi connectivity index (χ0) is 22.0. The first-order chi connectivity index (χ1) is 14.2. The van der Waals surface area contributed by atoms with Crippen LogP contribution in [0.2, 0.25) is 0 Å². The summed E-state index contributed by atoms with van der Waals surface area (Å²) in [6, 6.07) is 10.9. The number of aryl methyl sites for hydroxylation is 2. The zero-order valence-electron chi connectivity index (χ0n) is 17.7. The van der Waals surface area contributed by atoms with Crippen LogP contribution < -0.4 is 4.90 Å². The van der Waals surface area contributed by atoms with E-state index >= 15 is 0 Å². The van der Waals surface area contributed by atoms with E-state index in [0.717, 1.165) is 11.3 Å². The van der Waals surface area contributed by atoms with E-state index in [1.54, 1.807) is 42.1 Å². The maximum atomic E-state index is 12.9. The van der Waals surface area contributed by atoms with Crippen LogP contribution in [0.25, 0.3) is 6.08 Å². The number of thioether (sulfide) groups is 1. The molecule has 0 aromatic heterocycles. The monoisotopic (exact) mass is 424 g/mol. The number of hydrogen-bond acceptors (Lipinski definition) is 6. The largest absolute Gasteiger partial charge is 0.372 e. The Labute approximate surface area is 180 Å². The number of rotatable bonds is 5. The van der Waals surface area contributed by atoms with Crippen molar-refractivity contribution in [2.24, 2.45) is 4.99 Å². The highest BCUT2D eigenvalue weighted by atomic mass is 32.2. The molecule has 30 heavy (non-hydrogen) atoms. The summed E-state index contributed by atoms with van der Waals surface area (Å²) in [5.74, 6) is -0.149. The highest BCUT2D eigenvalue weighted by molar-refractivity contribution is 8.18. The van der Waals surface area contributed by atoms with E-state index in [2.05, 4.69) is 4.99 Å². The lowest BCUT2D eigenvalue weighted by atomic mass is 10.1. The molecule has 0 spiro atoms. The van der Waals surface area contributed by atoms with Crippen molar-refractivity contribution in [2.75, 3.05) is 25.5 Å². The molecule has 1 amide bonds. The Balaban J connectivity index is 1.97. The van der Waals surface area contributed by atoms with E-state index < -0.39 is 4.92 Å². The van der Waals surface area contributed by atoms with Crippen LogP contribution >= 0.6 is 11.8 Å². The average molecular weight is 425 g/mol. The van der Waals surface area contributed by atoms with Gasteiger partial charge in [-0.05, 0) is 73.5 Å². The number of nitro benzene ring substituents is 1. The van der Waals surface area contributed by atoms with Crippen molar-refractivity contribution in [3.8, 4) is 0 Å². The molecule has 8 heteroatoms. The lowest BCUT2D eigenvalue weighted by Crippen LogP contribution is -2.28. The Morgan fingerprint density at radius 1 is 1.17 bits per heavy atom. The molecule has 2 aromatic carbocycles. The molecule has 1 fully saturated rings. The lowest BCUT2D eigenvalue weighted by Gasteiger charge is -2.13. The molecule has 3 rings (SSSR count). The fourth-order valence-corrected chi connectivity index (χ4v) is 4.14. The molecule has 1 heterocycles. The second-order valence-electron chi connectivity index (χ2n) is 7.22. The van der Waals surface area contributed by atoms with Crippen LogP contribution in [0.15, 0.2) is 46.3 Å². The van der Waals surface area contributed by atoms with Crippen molar-refractivity contribution in [3.63, 3.8) is 0 Å². The van der Waals surface area contributed by atoms with Crippen molar-refractivity contribution >= 4 is 46.0 Å². The second-order valence-corrected chi connectivity index (χ2v) is 8.23. The molecule has 156 valence electrons. The van der Waals surface area contributed by atoms with Crippen LogP contribution in [0.3, 0.4) is 0 Å². The smallest absolute Gasteiger partial charge is 0.293 e. The number of anilines is 1. The number of amides is 1. The average Bonchev–Trinajstić information content (AvgIpc) is 2.98. The van der Waals surface area contributed by atoms with E-state index in [1.807, 2.05) is 39.0 Å². The molecule has 0 atom stereocenters. The number of amidine groups is 1. The SMILES string of the molecule is CCN1C(=O)C(=Cc2ccc(N(C)C)c([N+](=O)[O-])c2)SC1=Nc1ccc(C)c(C)c1. The van der Waals surface area contributed by atoms with Gasteiger partial charge in [0.15, 0.2) is 5.17 Å². The fraction of sp³-hybridized carbons (Fsp3) is 0.273. The maximum absolute atomic E-state index is 12.9. The third-order valence-electron chi connectivity index (χ3n) is 4.90. The molecule has 1 aliphatic heterocycles. The Bertz CT molecular complexity index is 1080. The third kappa shape index (κ3) is 4.38. The van der Waals surface area contributed by atoms with Crippen LogP contribution in [-0.2, 0) is 4.79 Å². The number of aliphatic imine (C=N–C) groups is 1. The second kappa shape index (κ2) is 8.71. The Morgan fingerprint density at radius 2 is 1.90 bits per heavy atom. The molecule has 0 N–H and O–H groups in total. The molecule has 0 unspecified atom stereocenters. The van der Waals surface area contributed by atoms with Crippen LogP contribution in [0, 0.1) is 24.0 Å². The summed E-state index contributed by atoms with van der Waals surface area (Å²) in [5.41, 5.74) is 4.23. The van der Waals surface area contributed by atoms with Crippen LogP contribution in [0.5, 0.6) is 0 Å². The maximum Gasteiger partial charge on any atom is 0.293 e. The summed E-state index contributed by atoms with van der Waals surface area (Å²) in [6.07, 6.45) is 1.69. The number of hydrogen-bond donors (Lipinski definition) is 0. The Morgan fingerprint density at radius 3 is 2.50 bits per heavy atom. The van der Waals surface area contributed by atoms with Gasteiger partial charge >= 0.3 is 0 Å². The van der Waals surface area contributed by atoms with Gasteiger partial charge in [0.05, 0.1) is 15.5 Å². The highest BCUT2D eigenvalue weighted by Gasteiger charge is 2.32. The van der Waals surface area contributed by atoms with Gasteiger partial charge in [0.1, 0.15) is 5.69 Å². The first-order valence-electron chi connectivity index (χ1n) is 9.54. The fourth-order valence-electron chi connectivity index (χ4n) is 3.08.